The standard InChI is InChI=1S/C34H27N5/c1-21(2)30-17-16-28-29(19-26-10-9-22(3)35-32(26)33(28)36-30)24-11-13-25(14-12-24)34-37-31-18-15-27(20-39(31)38-34)23-7-5-4-6-8-23/h4-21H,1-3H3. The Labute approximate surface area is 226 Å². The van der Waals surface area contributed by atoms with Crippen molar-refractivity contribution in [1.82, 2.24) is 24.6 Å². The van der Waals surface area contributed by atoms with E-state index in [0.717, 1.165) is 66.7 Å². The summed E-state index contributed by atoms with van der Waals surface area (Å²) in [6.45, 7) is 6.38. The molecule has 5 heteroatoms. The third-order valence-electron chi connectivity index (χ3n) is 7.28. The zero-order chi connectivity index (χ0) is 26.5. The molecule has 7 rings (SSSR count). The van der Waals surface area contributed by atoms with E-state index in [2.05, 4.69) is 86.6 Å². The molecule has 39 heavy (non-hydrogen) atoms. The van der Waals surface area contributed by atoms with Crippen molar-refractivity contribution < 1.29 is 0 Å². The maximum atomic E-state index is 5.06. The number of hydrogen-bond donors (Lipinski definition) is 0. The zero-order valence-corrected chi connectivity index (χ0v) is 22.1. The first kappa shape index (κ1) is 23.2. The largest absolute Gasteiger partial charge is 0.251 e. The summed E-state index contributed by atoms with van der Waals surface area (Å²) in [4.78, 5) is 14.7. The molecule has 0 aliphatic rings. The summed E-state index contributed by atoms with van der Waals surface area (Å²) in [7, 11) is 0. The van der Waals surface area contributed by atoms with E-state index in [0.29, 0.717) is 11.7 Å². The summed E-state index contributed by atoms with van der Waals surface area (Å²) in [6, 6.07) is 33.7. The van der Waals surface area contributed by atoms with Gasteiger partial charge in [-0.3, -0.25) is 9.97 Å². The molecule has 7 aromatic rings. The van der Waals surface area contributed by atoms with Crippen LogP contribution in [0.1, 0.15) is 31.2 Å². The Bertz CT molecular complexity index is 1990. The molecule has 0 saturated heterocycles. The predicted molar refractivity (Wildman–Crippen MR) is 159 cm³/mol. The summed E-state index contributed by atoms with van der Waals surface area (Å²) in [5, 5.41) is 6.99. The van der Waals surface area contributed by atoms with Crippen LogP contribution in [0.25, 0.3) is 61.1 Å². The van der Waals surface area contributed by atoms with Crippen molar-refractivity contribution in [2.45, 2.75) is 26.7 Å². The molecule has 0 unspecified atom stereocenters. The Kier molecular flexibility index (Phi) is 5.44. The average molecular weight is 506 g/mol. The van der Waals surface area contributed by atoms with E-state index < -0.39 is 0 Å². The Morgan fingerprint density at radius 2 is 1.41 bits per heavy atom. The van der Waals surface area contributed by atoms with Gasteiger partial charge >= 0.3 is 0 Å². The van der Waals surface area contributed by atoms with E-state index in [4.69, 9.17) is 20.1 Å². The summed E-state index contributed by atoms with van der Waals surface area (Å²) in [5.74, 6) is 1.05. The van der Waals surface area contributed by atoms with Crippen molar-refractivity contribution in [3.05, 3.63) is 115 Å². The Morgan fingerprint density at radius 3 is 2.21 bits per heavy atom. The van der Waals surface area contributed by atoms with Crippen LogP contribution in [0.5, 0.6) is 0 Å². The molecular weight excluding hydrogens is 478 g/mol. The first-order valence-electron chi connectivity index (χ1n) is 13.3. The summed E-state index contributed by atoms with van der Waals surface area (Å²) in [5.41, 5.74) is 10.3. The number of pyridine rings is 3. The van der Waals surface area contributed by atoms with Crippen LogP contribution in [0, 0.1) is 6.92 Å². The summed E-state index contributed by atoms with van der Waals surface area (Å²) < 4.78 is 1.86. The van der Waals surface area contributed by atoms with Gasteiger partial charge in [0.15, 0.2) is 11.5 Å². The molecule has 5 nitrogen and oxygen atoms in total. The number of nitrogens with zero attached hydrogens (tertiary/aromatic N) is 5. The van der Waals surface area contributed by atoms with Crippen LogP contribution in [0.4, 0.5) is 0 Å². The van der Waals surface area contributed by atoms with E-state index >= 15 is 0 Å². The number of benzene rings is 3. The van der Waals surface area contributed by atoms with Crippen LogP contribution in [0.3, 0.4) is 0 Å². The molecule has 0 N–H and O–H groups in total. The first-order valence-corrected chi connectivity index (χ1v) is 13.3. The molecule has 4 heterocycles. The van der Waals surface area contributed by atoms with Crippen LogP contribution in [0.2, 0.25) is 0 Å². The van der Waals surface area contributed by atoms with E-state index in [1.54, 1.807) is 0 Å². The minimum absolute atomic E-state index is 0.346. The fraction of sp³-hybridized carbons (Fsp3) is 0.118. The molecule has 0 atom stereocenters. The molecule has 0 aliphatic heterocycles. The van der Waals surface area contributed by atoms with Crippen molar-refractivity contribution in [2.24, 2.45) is 0 Å². The van der Waals surface area contributed by atoms with Crippen LogP contribution in [0.15, 0.2) is 103 Å². The van der Waals surface area contributed by atoms with Gasteiger partial charge in [-0.15, -0.1) is 5.10 Å². The van der Waals surface area contributed by atoms with Gasteiger partial charge < -0.3 is 0 Å². The molecule has 0 radical (unpaired) electrons. The number of rotatable bonds is 4. The molecule has 0 spiro atoms. The van der Waals surface area contributed by atoms with Crippen molar-refractivity contribution >= 4 is 27.5 Å². The van der Waals surface area contributed by atoms with Crippen molar-refractivity contribution in [2.75, 3.05) is 0 Å². The number of hydrogen-bond acceptors (Lipinski definition) is 4. The SMILES string of the molecule is Cc1ccc2cc(-c3ccc(-c4nc5ccc(-c6ccccc6)cn5n4)cc3)c3ccc(C(C)C)nc3c2n1. The van der Waals surface area contributed by atoms with Gasteiger partial charge in [0, 0.05) is 39.5 Å². The highest BCUT2D eigenvalue weighted by atomic mass is 15.3. The maximum absolute atomic E-state index is 5.06. The van der Waals surface area contributed by atoms with Gasteiger partial charge in [-0.05, 0) is 59.9 Å². The van der Waals surface area contributed by atoms with Gasteiger partial charge in [0.1, 0.15) is 0 Å². The third kappa shape index (κ3) is 4.12. The number of fused-ring (bicyclic) bond motifs is 4. The molecule has 188 valence electrons. The molecule has 0 aliphatic carbocycles. The van der Waals surface area contributed by atoms with Gasteiger partial charge in [-0.1, -0.05) is 80.6 Å². The highest BCUT2D eigenvalue weighted by molar-refractivity contribution is 6.10. The second-order valence-electron chi connectivity index (χ2n) is 10.3. The van der Waals surface area contributed by atoms with Gasteiger partial charge in [-0.2, -0.15) is 0 Å². The van der Waals surface area contributed by atoms with Gasteiger partial charge in [0.25, 0.3) is 0 Å². The molecule has 0 fully saturated rings. The van der Waals surface area contributed by atoms with Crippen molar-refractivity contribution in [3.8, 4) is 33.6 Å². The molecule has 3 aromatic carbocycles. The first-order chi connectivity index (χ1) is 19.0. The quantitative estimate of drug-likeness (QED) is 0.226. The van der Waals surface area contributed by atoms with Crippen LogP contribution >= 0.6 is 0 Å². The lowest BCUT2D eigenvalue weighted by molar-refractivity contribution is 0.830. The highest BCUT2D eigenvalue weighted by Gasteiger charge is 2.14. The van der Waals surface area contributed by atoms with Crippen LogP contribution in [-0.2, 0) is 0 Å². The van der Waals surface area contributed by atoms with E-state index in [1.807, 2.05) is 41.9 Å². The second kappa shape index (κ2) is 9.14. The highest BCUT2D eigenvalue weighted by Crippen LogP contribution is 2.35. The molecule has 0 saturated carbocycles. The number of aryl methyl sites for hydroxylation is 1. The Morgan fingerprint density at radius 1 is 0.641 bits per heavy atom. The average Bonchev–Trinajstić information content (AvgIpc) is 3.41. The van der Waals surface area contributed by atoms with Crippen LogP contribution in [-0.4, -0.2) is 24.6 Å². The topological polar surface area (TPSA) is 56.0 Å². The molecule has 0 bridgehead atoms. The minimum Gasteiger partial charge on any atom is -0.251 e. The monoisotopic (exact) mass is 505 g/mol. The fourth-order valence-corrected chi connectivity index (χ4v) is 5.14. The van der Waals surface area contributed by atoms with Crippen LogP contribution < -0.4 is 0 Å². The van der Waals surface area contributed by atoms with Crippen molar-refractivity contribution in [1.29, 1.82) is 0 Å². The number of aromatic nitrogens is 5. The Balaban J connectivity index is 1.30. The maximum Gasteiger partial charge on any atom is 0.182 e. The fourth-order valence-electron chi connectivity index (χ4n) is 5.14. The predicted octanol–water partition coefficient (Wildman–Crippen LogP) is 8.26. The lowest BCUT2D eigenvalue weighted by Crippen LogP contribution is -1.96. The van der Waals surface area contributed by atoms with Gasteiger partial charge in [-0.25, -0.2) is 9.50 Å². The summed E-state index contributed by atoms with van der Waals surface area (Å²) in [6.07, 6.45) is 2.03. The van der Waals surface area contributed by atoms with Gasteiger partial charge in [0.05, 0.1) is 11.0 Å². The van der Waals surface area contributed by atoms with E-state index in [-0.39, 0.29) is 0 Å². The van der Waals surface area contributed by atoms with E-state index in [9.17, 15) is 0 Å². The molecule has 0 amide bonds. The third-order valence-corrected chi connectivity index (χ3v) is 7.28. The zero-order valence-electron chi connectivity index (χ0n) is 22.1. The summed E-state index contributed by atoms with van der Waals surface area (Å²) >= 11 is 0. The lowest BCUT2D eigenvalue weighted by Gasteiger charge is -2.13. The normalized spacial score (nSPS) is 11.7. The smallest absolute Gasteiger partial charge is 0.182 e. The van der Waals surface area contributed by atoms with Gasteiger partial charge in [0.2, 0.25) is 0 Å². The Hall–Kier alpha value is -4.90. The van der Waals surface area contributed by atoms with E-state index in [1.165, 1.54) is 0 Å². The molecule has 4 aromatic heterocycles. The second-order valence-corrected chi connectivity index (χ2v) is 10.3. The van der Waals surface area contributed by atoms with Crippen molar-refractivity contribution in [3.63, 3.8) is 0 Å². The lowest BCUT2D eigenvalue weighted by atomic mass is 9.96. The molecular formula is C34H27N5. The minimum atomic E-state index is 0.346.